The van der Waals surface area contributed by atoms with E-state index < -0.39 is 16.5 Å². The molecule has 0 radical (unpaired) electrons. The Morgan fingerprint density at radius 2 is 1.94 bits per heavy atom. The van der Waals surface area contributed by atoms with E-state index in [0.29, 0.717) is 5.56 Å². The summed E-state index contributed by atoms with van der Waals surface area (Å²) >= 11 is 4.98. The molecule has 0 nitrogen and oxygen atoms in total. The van der Waals surface area contributed by atoms with E-state index in [0.717, 1.165) is 11.3 Å². The Labute approximate surface area is 118 Å². The predicted molar refractivity (Wildman–Crippen MR) is 75.6 cm³/mol. The molecule has 0 aliphatic heterocycles. The maximum absolute atomic E-state index is 14.0. The van der Waals surface area contributed by atoms with Crippen LogP contribution in [0.15, 0.2) is 24.3 Å². The van der Waals surface area contributed by atoms with Gasteiger partial charge in [-0.05, 0) is 37.1 Å². The van der Waals surface area contributed by atoms with Gasteiger partial charge in [0.2, 0.25) is 0 Å². The summed E-state index contributed by atoms with van der Waals surface area (Å²) in [6, 6.07) is 6.69. The first-order valence-corrected chi connectivity index (χ1v) is 7.45. The van der Waals surface area contributed by atoms with Crippen molar-refractivity contribution in [3.63, 3.8) is 0 Å². The molecule has 4 heteroatoms. The number of alkyl halides is 1. The minimum absolute atomic E-state index is 0.0968. The van der Waals surface area contributed by atoms with Gasteiger partial charge in [-0.1, -0.05) is 28.9 Å². The van der Waals surface area contributed by atoms with Crippen LogP contribution in [-0.2, 0) is 6.42 Å². The summed E-state index contributed by atoms with van der Waals surface area (Å²) in [5, 5.41) is 0. The first-order valence-electron chi connectivity index (χ1n) is 5.71. The Hall–Kier alpha value is -0.740. The van der Waals surface area contributed by atoms with Crippen molar-refractivity contribution in [2.24, 2.45) is 0 Å². The second kappa shape index (κ2) is 5.49. The highest BCUT2D eigenvalue weighted by atomic mass is 79.9. The Kier molecular flexibility index (Phi) is 4.17. The van der Waals surface area contributed by atoms with Gasteiger partial charge in [-0.2, -0.15) is 0 Å². The lowest BCUT2D eigenvalue weighted by Crippen LogP contribution is -2.01. The van der Waals surface area contributed by atoms with Crippen molar-refractivity contribution in [2.75, 3.05) is 0 Å². The summed E-state index contributed by atoms with van der Waals surface area (Å²) in [6.07, 6.45) is 0.934. The highest BCUT2D eigenvalue weighted by Crippen LogP contribution is 2.38. The van der Waals surface area contributed by atoms with Crippen molar-refractivity contribution >= 4 is 27.3 Å². The molecule has 1 aromatic heterocycles. The van der Waals surface area contributed by atoms with Gasteiger partial charge in [0.15, 0.2) is 0 Å². The average molecular weight is 331 g/mol. The van der Waals surface area contributed by atoms with Crippen LogP contribution >= 0.6 is 27.3 Å². The topological polar surface area (TPSA) is 0 Å². The molecule has 0 bridgehead atoms. The molecule has 1 aromatic carbocycles. The molecule has 96 valence electrons. The summed E-state index contributed by atoms with van der Waals surface area (Å²) < 4.78 is 27.8. The third-order valence-electron chi connectivity index (χ3n) is 2.85. The van der Waals surface area contributed by atoms with Crippen LogP contribution in [0.3, 0.4) is 0 Å². The molecule has 0 aliphatic carbocycles. The molecule has 1 atom stereocenters. The van der Waals surface area contributed by atoms with E-state index in [9.17, 15) is 8.78 Å². The maximum atomic E-state index is 14.0. The van der Waals surface area contributed by atoms with Gasteiger partial charge in [0.25, 0.3) is 0 Å². The van der Waals surface area contributed by atoms with Crippen molar-refractivity contribution < 1.29 is 8.78 Å². The zero-order valence-corrected chi connectivity index (χ0v) is 12.5. The van der Waals surface area contributed by atoms with Crippen LogP contribution in [0.25, 0.3) is 0 Å². The monoisotopic (exact) mass is 330 g/mol. The van der Waals surface area contributed by atoms with Gasteiger partial charge in [0.1, 0.15) is 11.6 Å². The van der Waals surface area contributed by atoms with Crippen molar-refractivity contribution in [1.29, 1.82) is 0 Å². The molecule has 0 amide bonds. The molecule has 18 heavy (non-hydrogen) atoms. The summed E-state index contributed by atoms with van der Waals surface area (Å²) in [7, 11) is 0. The molecular weight excluding hydrogens is 318 g/mol. The van der Waals surface area contributed by atoms with E-state index in [4.69, 9.17) is 0 Å². The van der Waals surface area contributed by atoms with E-state index in [2.05, 4.69) is 22.9 Å². The first kappa shape index (κ1) is 13.7. The molecule has 2 aromatic rings. The number of benzene rings is 1. The SMILES string of the molecule is CCc1ccc(C(Br)c2c(F)ccc(C)c2F)s1. The lowest BCUT2D eigenvalue weighted by molar-refractivity contribution is 0.556. The maximum Gasteiger partial charge on any atom is 0.133 e. The fraction of sp³-hybridized carbons (Fsp3) is 0.286. The summed E-state index contributed by atoms with van der Waals surface area (Å²) in [5.41, 5.74) is 0.558. The lowest BCUT2D eigenvalue weighted by Gasteiger charge is -2.12. The molecule has 0 saturated heterocycles. The first-order chi connectivity index (χ1) is 8.54. The molecule has 1 heterocycles. The van der Waals surface area contributed by atoms with Crippen LogP contribution in [0.5, 0.6) is 0 Å². The number of thiophene rings is 1. The van der Waals surface area contributed by atoms with Gasteiger partial charge in [-0.25, -0.2) is 8.78 Å². The van der Waals surface area contributed by atoms with E-state index in [1.165, 1.54) is 17.0 Å². The fourth-order valence-electron chi connectivity index (χ4n) is 1.77. The number of rotatable bonds is 3. The summed E-state index contributed by atoms with van der Waals surface area (Å²) in [5.74, 6) is -0.977. The van der Waals surface area contributed by atoms with E-state index >= 15 is 0 Å². The molecule has 0 saturated carbocycles. The molecule has 0 N–H and O–H groups in total. The smallest absolute Gasteiger partial charge is 0.133 e. The highest BCUT2D eigenvalue weighted by Gasteiger charge is 2.22. The Morgan fingerprint density at radius 1 is 1.22 bits per heavy atom. The van der Waals surface area contributed by atoms with Gasteiger partial charge >= 0.3 is 0 Å². The standard InChI is InChI=1S/C14H13BrF2S/c1-3-9-5-7-11(18-9)13(15)12-10(16)6-4-8(2)14(12)17/h4-7,13H,3H2,1-2H3. The molecule has 2 rings (SSSR count). The molecule has 0 spiro atoms. The normalized spacial score (nSPS) is 12.7. The second-order valence-corrected chi connectivity index (χ2v) is 6.23. The Morgan fingerprint density at radius 3 is 2.56 bits per heavy atom. The van der Waals surface area contributed by atoms with Gasteiger partial charge in [0.05, 0.1) is 4.83 Å². The quantitative estimate of drug-likeness (QED) is 0.662. The molecule has 1 unspecified atom stereocenters. The summed E-state index contributed by atoms with van der Waals surface area (Å²) in [6.45, 7) is 3.70. The summed E-state index contributed by atoms with van der Waals surface area (Å²) in [4.78, 5) is 1.71. The number of aryl methyl sites for hydroxylation is 2. The molecule has 0 aliphatic rings. The predicted octanol–water partition coefficient (Wildman–Crippen LogP) is 5.38. The van der Waals surface area contributed by atoms with Gasteiger partial charge in [-0.3, -0.25) is 0 Å². The third-order valence-corrected chi connectivity index (χ3v) is 5.40. The number of halogens is 3. The number of hydrogen-bond acceptors (Lipinski definition) is 1. The minimum atomic E-state index is -0.508. The van der Waals surface area contributed by atoms with Gasteiger partial charge in [0, 0.05) is 15.3 Å². The highest BCUT2D eigenvalue weighted by molar-refractivity contribution is 9.09. The van der Waals surface area contributed by atoms with Crippen molar-refractivity contribution in [1.82, 2.24) is 0 Å². The molecular formula is C14H13BrF2S. The van der Waals surface area contributed by atoms with Crippen LogP contribution in [-0.4, -0.2) is 0 Å². The van der Waals surface area contributed by atoms with Crippen LogP contribution in [0, 0.1) is 18.6 Å². The fourth-order valence-corrected chi connectivity index (χ4v) is 3.57. The minimum Gasteiger partial charge on any atom is -0.207 e. The van der Waals surface area contributed by atoms with E-state index in [1.54, 1.807) is 18.3 Å². The van der Waals surface area contributed by atoms with Crippen LogP contribution in [0.4, 0.5) is 8.78 Å². The van der Waals surface area contributed by atoms with Crippen LogP contribution < -0.4 is 0 Å². The van der Waals surface area contributed by atoms with Crippen LogP contribution in [0.2, 0.25) is 0 Å². The van der Waals surface area contributed by atoms with E-state index in [1.807, 2.05) is 12.1 Å². The zero-order valence-electron chi connectivity index (χ0n) is 10.1. The average Bonchev–Trinajstić information content (AvgIpc) is 2.83. The third kappa shape index (κ3) is 2.50. The van der Waals surface area contributed by atoms with E-state index in [-0.39, 0.29) is 5.56 Å². The number of hydrogen-bond donors (Lipinski definition) is 0. The van der Waals surface area contributed by atoms with Gasteiger partial charge in [-0.15, -0.1) is 11.3 Å². The van der Waals surface area contributed by atoms with Gasteiger partial charge < -0.3 is 0 Å². The Balaban J connectivity index is 2.45. The lowest BCUT2D eigenvalue weighted by atomic mass is 10.1. The van der Waals surface area contributed by atoms with Crippen molar-refractivity contribution in [3.8, 4) is 0 Å². The van der Waals surface area contributed by atoms with Crippen molar-refractivity contribution in [3.05, 3.63) is 56.8 Å². The molecule has 0 fully saturated rings. The van der Waals surface area contributed by atoms with Crippen molar-refractivity contribution in [2.45, 2.75) is 25.1 Å². The zero-order chi connectivity index (χ0) is 13.3. The van der Waals surface area contributed by atoms with Crippen LogP contribution in [0.1, 0.15) is 32.6 Å². The Bertz CT molecular complexity index is 563. The largest absolute Gasteiger partial charge is 0.207 e. The second-order valence-electron chi connectivity index (χ2n) is 4.11.